The third kappa shape index (κ3) is 5.24. The van der Waals surface area contributed by atoms with Gasteiger partial charge in [-0.1, -0.05) is 40.0 Å². The van der Waals surface area contributed by atoms with Gasteiger partial charge >= 0.3 is 0 Å². The molecule has 1 fully saturated rings. The number of unbranched alkanes of at least 4 members (excludes halogenated alkanes) is 3. The normalized spacial score (nSPS) is 26.4. The van der Waals surface area contributed by atoms with Crippen molar-refractivity contribution in [2.75, 3.05) is 19.6 Å². The van der Waals surface area contributed by atoms with Gasteiger partial charge in [-0.3, -0.25) is 0 Å². The van der Waals surface area contributed by atoms with Crippen LogP contribution >= 0.6 is 0 Å². The van der Waals surface area contributed by atoms with E-state index in [1.807, 2.05) is 0 Å². The molecule has 1 heterocycles. The van der Waals surface area contributed by atoms with Crippen molar-refractivity contribution < 1.29 is 8.42 Å². The Morgan fingerprint density at radius 2 is 1.72 bits per heavy atom. The second-order valence-electron chi connectivity index (χ2n) is 5.72. The summed E-state index contributed by atoms with van der Waals surface area (Å²) in [4.78, 5) is 0. The van der Waals surface area contributed by atoms with E-state index in [-0.39, 0.29) is 0 Å². The molecule has 4 nitrogen and oxygen atoms in total. The average molecular weight is 276 g/mol. The first-order chi connectivity index (χ1) is 8.45. The zero-order chi connectivity index (χ0) is 13.6. The maximum atomic E-state index is 12.1. The van der Waals surface area contributed by atoms with Gasteiger partial charge in [-0.05, 0) is 24.7 Å². The first kappa shape index (κ1) is 15.9. The van der Waals surface area contributed by atoms with Crippen molar-refractivity contribution in [2.45, 2.75) is 52.9 Å². The Kier molecular flexibility index (Phi) is 6.60. The first-order valence-corrected chi connectivity index (χ1v) is 8.64. The van der Waals surface area contributed by atoms with Gasteiger partial charge < -0.3 is 0 Å². The fourth-order valence-electron chi connectivity index (χ4n) is 2.65. The van der Waals surface area contributed by atoms with Crippen LogP contribution in [0.5, 0.6) is 0 Å². The Balaban J connectivity index is 2.38. The van der Waals surface area contributed by atoms with Crippen molar-refractivity contribution in [3.8, 4) is 0 Å². The molecule has 1 saturated heterocycles. The second-order valence-corrected chi connectivity index (χ2v) is 7.48. The molecule has 1 rings (SSSR count). The summed E-state index contributed by atoms with van der Waals surface area (Å²) >= 11 is 0. The molecule has 0 aromatic rings. The second kappa shape index (κ2) is 7.46. The molecule has 2 unspecified atom stereocenters. The maximum absolute atomic E-state index is 12.1. The van der Waals surface area contributed by atoms with Gasteiger partial charge in [0.25, 0.3) is 10.2 Å². The molecule has 18 heavy (non-hydrogen) atoms. The van der Waals surface area contributed by atoms with Gasteiger partial charge in [0.15, 0.2) is 0 Å². The highest BCUT2D eigenvalue weighted by Crippen LogP contribution is 2.22. The largest absolute Gasteiger partial charge is 0.279 e. The van der Waals surface area contributed by atoms with E-state index in [2.05, 4.69) is 25.5 Å². The van der Waals surface area contributed by atoms with Crippen LogP contribution < -0.4 is 4.72 Å². The summed E-state index contributed by atoms with van der Waals surface area (Å²) < 4.78 is 28.6. The zero-order valence-corrected chi connectivity index (χ0v) is 12.8. The van der Waals surface area contributed by atoms with E-state index in [0.29, 0.717) is 31.5 Å². The Morgan fingerprint density at radius 3 is 2.28 bits per heavy atom. The minimum absolute atomic E-state index is 0.463. The van der Waals surface area contributed by atoms with Gasteiger partial charge in [0.2, 0.25) is 0 Å². The standard InChI is InChI=1S/C13H28N2O2S/c1-4-5-6-7-8-14-18(16,17)15-10-12(2)9-13(3)11-15/h12-14H,4-11H2,1-3H3. The highest BCUT2D eigenvalue weighted by molar-refractivity contribution is 7.87. The minimum Gasteiger partial charge on any atom is -0.202 e. The van der Waals surface area contributed by atoms with Crippen molar-refractivity contribution in [1.29, 1.82) is 0 Å². The molecule has 0 bridgehead atoms. The SMILES string of the molecule is CCCCCCNS(=O)(=O)N1CC(C)CC(C)C1. The molecule has 0 saturated carbocycles. The third-order valence-electron chi connectivity index (χ3n) is 3.49. The van der Waals surface area contributed by atoms with Crippen LogP contribution in [0.4, 0.5) is 0 Å². The summed E-state index contributed by atoms with van der Waals surface area (Å²) in [5.41, 5.74) is 0. The van der Waals surface area contributed by atoms with Crippen molar-refractivity contribution in [2.24, 2.45) is 11.8 Å². The maximum Gasteiger partial charge on any atom is 0.279 e. The molecule has 0 aromatic heterocycles. The molecule has 0 spiro atoms. The summed E-state index contributed by atoms with van der Waals surface area (Å²) in [5.74, 6) is 0.927. The lowest BCUT2D eigenvalue weighted by Crippen LogP contribution is -2.48. The van der Waals surface area contributed by atoms with Crippen LogP contribution in [-0.2, 0) is 10.2 Å². The number of nitrogens with zero attached hydrogens (tertiary/aromatic N) is 1. The Morgan fingerprint density at radius 1 is 1.11 bits per heavy atom. The third-order valence-corrected chi connectivity index (χ3v) is 5.04. The summed E-state index contributed by atoms with van der Waals surface area (Å²) in [5, 5.41) is 0. The Hall–Kier alpha value is -0.130. The van der Waals surface area contributed by atoms with Gasteiger partial charge in [0.05, 0.1) is 0 Å². The number of nitrogens with one attached hydrogen (secondary N) is 1. The van der Waals surface area contributed by atoms with E-state index in [4.69, 9.17) is 0 Å². The van der Waals surface area contributed by atoms with Crippen LogP contribution in [0, 0.1) is 11.8 Å². The Bertz CT molecular complexity index is 320. The summed E-state index contributed by atoms with van der Waals surface area (Å²) in [7, 11) is -3.25. The summed E-state index contributed by atoms with van der Waals surface area (Å²) in [6, 6.07) is 0. The minimum atomic E-state index is -3.25. The van der Waals surface area contributed by atoms with Gasteiger partial charge in [0.1, 0.15) is 0 Å². The van der Waals surface area contributed by atoms with E-state index < -0.39 is 10.2 Å². The van der Waals surface area contributed by atoms with Crippen LogP contribution in [0.3, 0.4) is 0 Å². The van der Waals surface area contributed by atoms with Gasteiger partial charge in [-0.25, -0.2) is 4.72 Å². The van der Waals surface area contributed by atoms with E-state index in [1.165, 1.54) is 12.8 Å². The number of rotatable bonds is 7. The molecule has 0 radical (unpaired) electrons. The van der Waals surface area contributed by atoms with Gasteiger partial charge in [-0.15, -0.1) is 0 Å². The predicted molar refractivity (Wildman–Crippen MR) is 75.6 cm³/mol. The molecular formula is C13H28N2O2S. The fraction of sp³-hybridized carbons (Fsp3) is 1.00. The first-order valence-electron chi connectivity index (χ1n) is 7.20. The molecule has 108 valence electrons. The summed E-state index contributed by atoms with van der Waals surface area (Å²) in [6.45, 7) is 8.30. The Labute approximate surface area is 112 Å². The smallest absolute Gasteiger partial charge is 0.202 e. The molecule has 1 aliphatic heterocycles. The number of hydrogen-bond donors (Lipinski definition) is 1. The molecule has 1 aliphatic rings. The highest BCUT2D eigenvalue weighted by atomic mass is 32.2. The molecule has 5 heteroatoms. The quantitative estimate of drug-likeness (QED) is 0.726. The lowest BCUT2D eigenvalue weighted by atomic mass is 9.94. The molecular weight excluding hydrogens is 248 g/mol. The van der Waals surface area contributed by atoms with Gasteiger partial charge in [0, 0.05) is 19.6 Å². The van der Waals surface area contributed by atoms with E-state index in [9.17, 15) is 8.42 Å². The van der Waals surface area contributed by atoms with Crippen LogP contribution in [0.15, 0.2) is 0 Å². The average Bonchev–Trinajstić information content (AvgIpc) is 2.27. The predicted octanol–water partition coefficient (Wildman–Crippen LogP) is 2.38. The summed E-state index contributed by atoms with van der Waals surface area (Å²) in [6.07, 6.45) is 5.52. The van der Waals surface area contributed by atoms with Crippen molar-refractivity contribution in [1.82, 2.24) is 9.03 Å². The van der Waals surface area contributed by atoms with Gasteiger partial charge in [-0.2, -0.15) is 12.7 Å². The van der Waals surface area contributed by atoms with Crippen LogP contribution in [0.1, 0.15) is 52.9 Å². The van der Waals surface area contributed by atoms with E-state index in [0.717, 1.165) is 19.3 Å². The highest BCUT2D eigenvalue weighted by Gasteiger charge is 2.29. The number of piperidine rings is 1. The lowest BCUT2D eigenvalue weighted by Gasteiger charge is -2.33. The van der Waals surface area contributed by atoms with Crippen LogP contribution in [0.25, 0.3) is 0 Å². The molecule has 1 N–H and O–H groups in total. The molecule has 0 amide bonds. The van der Waals surface area contributed by atoms with E-state index in [1.54, 1.807) is 4.31 Å². The molecule has 2 atom stereocenters. The fourth-order valence-corrected chi connectivity index (χ4v) is 4.13. The zero-order valence-electron chi connectivity index (χ0n) is 12.0. The van der Waals surface area contributed by atoms with Crippen LogP contribution in [0.2, 0.25) is 0 Å². The number of hydrogen-bond acceptors (Lipinski definition) is 2. The van der Waals surface area contributed by atoms with Crippen molar-refractivity contribution in [3.63, 3.8) is 0 Å². The van der Waals surface area contributed by atoms with Crippen molar-refractivity contribution in [3.05, 3.63) is 0 Å². The lowest BCUT2D eigenvalue weighted by molar-refractivity contribution is 0.220. The van der Waals surface area contributed by atoms with E-state index >= 15 is 0 Å². The van der Waals surface area contributed by atoms with Crippen molar-refractivity contribution >= 4 is 10.2 Å². The molecule has 0 aromatic carbocycles. The van der Waals surface area contributed by atoms with Crippen LogP contribution in [-0.4, -0.2) is 32.4 Å². The topological polar surface area (TPSA) is 49.4 Å². The molecule has 0 aliphatic carbocycles. The monoisotopic (exact) mass is 276 g/mol.